The summed E-state index contributed by atoms with van der Waals surface area (Å²) in [5, 5.41) is 2.72. The van der Waals surface area contributed by atoms with Gasteiger partial charge in [-0.05, 0) is 19.3 Å². The lowest BCUT2D eigenvalue weighted by Crippen LogP contribution is -2.57. The van der Waals surface area contributed by atoms with Crippen LogP contribution < -0.4 is 16.6 Å². The number of hydrogen-bond acceptors (Lipinski definition) is 7. The first-order valence-corrected chi connectivity index (χ1v) is 9.48. The lowest BCUT2D eigenvalue weighted by molar-refractivity contribution is -0.133. The molecule has 1 aromatic heterocycles. The number of aromatic amines is 1. The molecule has 9 nitrogen and oxygen atoms in total. The van der Waals surface area contributed by atoms with Gasteiger partial charge in [0.25, 0.3) is 5.56 Å². The smallest absolute Gasteiger partial charge is 0.328 e. The van der Waals surface area contributed by atoms with E-state index in [1.165, 1.54) is 16.8 Å². The number of nitrogens with one attached hydrogen (secondary N) is 2. The molecule has 0 aromatic carbocycles. The molecule has 140 valence electrons. The lowest BCUT2D eigenvalue weighted by atomic mass is 10.0. The van der Waals surface area contributed by atoms with E-state index < -0.39 is 17.3 Å². The van der Waals surface area contributed by atoms with Crippen molar-refractivity contribution in [1.29, 1.82) is 0 Å². The van der Waals surface area contributed by atoms with Gasteiger partial charge in [-0.15, -0.1) is 0 Å². The van der Waals surface area contributed by atoms with Gasteiger partial charge in [0, 0.05) is 31.8 Å². The highest BCUT2D eigenvalue weighted by atomic mass is 32.2. The Morgan fingerprint density at radius 2 is 2.08 bits per heavy atom. The third-order valence-corrected chi connectivity index (χ3v) is 5.50. The van der Waals surface area contributed by atoms with E-state index in [0.717, 1.165) is 24.6 Å². The topological polar surface area (TPSA) is 121 Å². The minimum atomic E-state index is -0.771. The molecule has 26 heavy (non-hydrogen) atoms. The van der Waals surface area contributed by atoms with Crippen molar-refractivity contribution in [3.05, 3.63) is 33.1 Å². The van der Waals surface area contributed by atoms with E-state index in [4.69, 9.17) is 0 Å². The molecule has 0 radical (unpaired) electrons. The SMILES string of the molecule is O=C(CCn1ccc(=O)[nH]c1=O)NC1CCCCN1C1C(=O)CSC1=O. The number of rotatable bonds is 5. The number of thioether (sulfide) groups is 1. The van der Waals surface area contributed by atoms with Crippen LogP contribution in [0.4, 0.5) is 0 Å². The van der Waals surface area contributed by atoms with Crippen LogP contribution in [0.15, 0.2) is 21.9 Å². The van der Waals surface area contributed by atoms with Gasteiger partial charge >= 0.3 is 5.69 Å². The Morgan fingerprint density at radius 3 is 2.77 bits per heavy atom. The molecule has 2 N–H and O–H groups in total. The average Bonchev–Trinajstić information content (AvgIpc) is 2.93. The quantitative estimate of drug-likeness (QED) is 0.633. The number of carbonyl (C=O) groups excluding carboxylic acids is 3. The summed E-state index contributed by atoms with van der Waals surface area (Å²) in [5.41, 5.74) is -1.05. The molecule has 0 aliphatic carbocycles. The molecule has 3 rings (SSSR count). The van der Waals surface area contributed by atoms with E-state index in [1.807, 2.05) is 0 Å². The number of aryl methyl sites for hydroxylation is 1. The molecular weight excluding hydrogens is 360 g/mol. The van der Waals surface area contributed by atoms with Crippen LogP contribution in [0.5, 0.6) is 0 Å². The summed E-state index contributed by atoms with van der Waals surface area (Å²) >= 11 is 1.03. The molecule has 1 amide bonds. The van der Waals surface area contributed by atoms with Crippen molar-refractivity contribution >= 4 is 28.6 Å². The number of likely N-dealkylation sites (tertiary alicyclic amines) is 1. The number of hydrogen-bond donors (Lipinski definition) is 2. The molecular formula is C16H20N4O5S. The zero-order valence-corrected chi connectivity index (χ0v) is 14.9. The normalized spacial score (nSPS) is 24.0. The van der Waals surface area contributed by atoms with Crippen LogP contribution in [0.2, 0.25) is 0 Å². The number of aromatic nitrogens is 2. The highest BCUT2D eigenvalue weighted by Crippen LogP contribution is 2.26. The Morgan fingerprint density at radius 1 is 1.27 bits per heavy atom. The van der Waals surface area contributed by atoms with Gasteiger partial charge in [0.15, 0.2) is 5.78 Å². The van der Waals surface area contributed by atoms with Gasteiger partial charge in [-0.3, -0.25) is 29.1 Å². The summed E-state index contributed by atoms with van der Waals surface area (Å²) in [6, 6.07) is 0.448. The van der Waals surface area contributed by atoms with Gasteiger partial charge < -0.3 is 9.88 Å². The second kappa shape index (κ2) is 8.00. The van der Waals surface area contributed by atoms with E-state index in [0.29, 0.717) is 13.0 Å². The summed E-state index contributed by atoms with van der Waals surface area (Å²) < 4.78 is 1.25. The highest BCUT2D eigenvalue weighted by Gasteiger charge is 2.42. The minimum Gasteiger partial charge on any atom is -0.340 e. The van der Waals surface area contributed by atoms with Gasteiger partial charge in [0.05, 0.1) is 11.9 Å². The Hall–Kier alpha value is -2.20. The molecule has 2 fully saturated rings. The van der Waals surface area contributed by atoms with Crippen LogP contribution in [0.1, 0.15) is 25.7 Å². The molecule has 2 atom stereocenters. The van der Waals surface area contributed by atoms with Crippen LogP contribution in [0, 0.1) is 0 Å². The Balaban J connectivity index is 1.61. The maximum Gasteiger partial charge on any atom is 0.328 e. The zero-order chi connectivity index (χ0) is 18.7. The van der Waals surface area contributed by atoms with Crippen LogP contribution in [0.25, 0.3) is 0 Å². The fraction of sp³-hybridized carbons (Fsp3) is 0.562. The first kappa shape index (κ1) is 18.6. The van der Waals surface area contributed by atoms with Gasteiger partial charge in [-0.1, -0.05) is 11.8 Å². The molecule has 3 heterocycles. The van der Waals surface area contributed by atoms with Gasteiger partial charge in [-0.25, -0.2) is 4.79 Å². The van der Waals surface area contributed by atoms with Crippen molar-refractivity contribution in [2.75, 3.05) is 12.3 Å². The van der Waals surface area contributed by atoms with Crippen molar-refractivity contribution in [3.63, 3.8) is 0 Å². The number of amides is 1. The first-order valence-electron chi connectivity index (χ1n) is 8.50. The number of piperidine rings is 1. The number of ketones is 1. The summed E-state index contributed by atoms with van der Waals surface area (Å²) in [5.74, 6) is -0.193. The van der Waals surface area contributed by atoms with E-state index in [-0.39, 0.29) is 41.7 Å². The molecule has 2 unspecified atom stereocenters. The number of H-pyrrole nitrogens is 1. The standard InChI is InChI=1S/C16H20N4O5S/c21-10-9-26-15(24)14(10)20-6-2-1-3-11(20)17-12(22)4-7-19-8-5-13(23)18-16(19)25/h5,8,11,14H,1-4,6-7,9H2,(H,17,22)(H,18,23,25). The largest absolute Gasteiger partial charge is 0.340 e. The van der Waals surface area contributed by atoms with E-state index in [1.54, 1.807) is 4.90 Å². The summed E-state index contributed by atoms with van der Waals surface area (Å²) in [6.45, 7) is 0.721. The average molecular weight is 380 g/mol. The van der Waals surface area contributed by atoms with Crippen molar-refractivity contribution in [3.8, 4) is 0 Å². The third-order valence-electron chi connectivity index (χ3n) is 4.56. The summed E-state index contributed by atoms with van der Waals surface area (Å²) in [4.78, 5) is 62.9. The van der Waals surface area contributed by atoms with Crippen LogP contribution >= 0.6 is 11.8 Å². The molecule has 2 saturated heterocycles. The molecule has 10 heteroatoms. The monoisotopic (exact) mass is 380 g/mol. The number of nitrogens with zero attached hydrogens (tertiary/aromatic N) is 2. The summed E-state index contributed by atoms with van der Waals surface area (Å²) in [7, 11) is 0. The molecule has 2 aliphatic rings. The van der Waals surface area contributed by atoms with Crippen molar-refractivity contribution < 1.29 is 14.4 Å². The molecule has 1 aromatic rings. The number of Topliss-reactive ketones (excluding diaryl/α,β-unsaturated/α-hetero) is 1. The second-order valence-corrected chi connectivity index (χ2v) is 7.33. The Kier molecular flexibility index (Phi) is 5.72. The van der Waals surface area contributed by atoms with E-state index in [9.17, 15) is 24.0 Å². The Bertz CT molecular complexity index is 816. The van der Waals surface area contributed by atoms with Crippen molar-refractivity contribution in [2.24, 2.45) is 0 Å². The van der Waals surface area contributed by atoms with Gasteiger partial charge in [-0.2, -0.15) is 0 Å². The third kappa shape index (κ3) is 4.13. The highest BCUT2D eigenvalue weighted by molar-refractivity contribution is 8.15. The maximum absolute atomic E-state index is 12.3. The van der Waals surface area contributed by atoms with E-state index >= 15 is 0 Å². The molecule has 0 spiro atoms. The van der Waals surface area contributed by atoms with Crippen molar-refractivity contribution in [2.45, 2.75) is 44.4 Å². The fourth-order valence-corrected chi connectivity index (χ4v) is 4.14. The predicted octanol–water partition coefficient (Wildman–Crippen LogP) is -0.934. The molecule has 2 aliphatic heterocycles. The van der Waals surface area contributed by atoms with Crippen LogP contribution in [-0.4, -0.2) is 55.8 Å². The lowest BCUT2D eigenvalue weighted by Gasteiger charge is -2.38. The first-order chi connectivity index (χ1) is 12.5. The fourth-order valence-electron chi connectivity index (χ4n) is 3.27. The number of carbonyl (C=O) groups is 3. The molecule has 0 bridgehead atoms. The predicted molar refractivity (Wildman–Crippen MR) is 94.7 cm³/mol. The minimum absolute atomic E-state index is 0.0532. The summed E-state index contributed by atoms with van der Waals surface area (Å²) in [6.07, 6.45) is 3.49. The zero-order valence-electron chi connectivity index (χ0n) is 14.1. The van der Waals surface area contributed by atoms with Crippen LogP contribution in [-0.2, 0) is 20.9 Å². The van der Waals surface area contributed by atoms with Crippen molar-refractivity contribution in [1.82, 2.24) is 19.8 Å². The van der Waals surface area contributed by atoms with Gasteiger partial charge in [0.1, 0.15) is 6.04 Å². The Labute approximate surface area is 153 Å². The van der Waals surface area contributed by atoms with E-state index in [2.05, 4.69) is 10.3 Å². The maximum atomic E-state index is 12.3. The van der Waals surface area contributed by atoms with Gasteiger partial charge in [0.2, 0.25) is 11.0 Å². The second-order valence-electron chi connectivity index (χ2n) is 6.35. The molecule has 0 saturated carbocycles. The van der Waals surface area contributed by atoms with Crippen LogP contribution in [0.3, 0.4) is 0 Å².